The van der Waals surface area contributed by atoms with Gasteiger partial charge in [-0.15, -0.1) is 5.11 Å². The molecule has 0 heterocycles. The minimum Gasteiger partial charge on any atom is -0.494 e. The van der Waals surface area contributed by atoms with Crippen molar-refractivity contribution in [1.82, 2.24) is 0 Å². The monoisotopic (exact) mass is 670 g/mol. The fourth-order valence-electron chi connectivity index (χ4n) is 5.14. The van der Waals surface area contributed by atoms with Crippen LogP contribution in [0.15, 0.2) is 93.3 Å². The van der Waals surface area contributed by atoms with Crippen molar-refractivity contribution < 1.29 is 19.2 Å². The summed E-state index contributed by atoms with van der Waals surface area (Å²) < 4.78 is 10.9. The van der Waals surface area contributed by atoms with Crippen molar-refractivity contribution in [3.8, 4) is 5.75 Å². The van der Waals surface area contributed by atoms with E-state index in [4.69, 9.17) is 9.47 Å². The molecular formula is C38H50N6O5. The lowest BCUT2D eigenvalue weighted by Gasteiger charge is -2.25. The Balaban J connectivity index is 1.62. The topological polar surface area (TPSA) is 131 Å². The largest absolute Gasteiger partial charge is 0.494 e. The van der Waals surface area contributed by atoms with Crippen LogP contribution in [-0.2, 0) is 9.53 Å². The van der Waals surface area contributed by atoms with Gasteiger partial charge in [0.15, 0.2) is 0 Å². The van der Waals surface area contributed by atoms with Gasteiger partial charge in [-0.2, -0.15) is 15.3 Å². The molecule has 0 radical (unpaired) electrons. The number of carbonyl (C=O) groups is 1. The highest BCUT2D eigenvalue weighted by Gasteiger charge is 2.11. The van der Waals surface area contributed by atoms with Gasteiger partial charge in [-0.05, 0) is 68.3 Å². The summed E-state index contributed by atoms with van der Waals surface area (Å²) in [6.45, 7) is 11.2. The quantitative estimate of drug-likeness (QED) is 0.0261. The third kappa shape index (κ3) is 13.6. The van der Waals surface area contributed by atoms with E-state index >= 15 is 0 Å². The van der Waals surface area contributed by atoms with Crippen LogP contribution < -0.4 is 9.64 Å². The molecule has 0 amide bonds. The maximum absolute atomic E-state index is 11.9. The summed E-state index contributed by atoms with van der Waals surface area (Å²) in [5.41, 5.74) is 4.51. The van der Waals surface area contributed by atoms with Gasteiger partial charge in [0.1, 0.15) is 18.0 Å². The van der Waals surface area contributed by atoms with Crippen LogP contribution in [0.1, 0.15) is 83.6 Å². The number of methoxy groups -OCH3 is 1. The number of carbonyl (C=O) groups excluding carboxylic acids is 1. The van der Waals surface area contributed by atoms with E-state index in [0.29, 0.717) is 40.6 Å². The molecule has 49 heavy (non-hydrogen) atoms. The molecule has 0 atom stereocenters. The number of nitro benzene ring substituents is 1. The molecule has 0 aromatic heterocycles. The molecule has 0 aliphatic rings. The van der Waals surface area contributed by atoms with E-state index in [9.17, 15) is 14.9 Å². The summed E-state index contributed by atoms with van der Waals surface area (Å²) in [5.74, 6) is 0.108. The van der Waals surface area contributed by atoms with Crippen molar-refractivity contribution in [3.05, 3.63) is 88.5 Å². The van der Waals surface area contributed by atoms with Crippen LogP contribution in [0.5, 0.6) is 5.75 Å². The summed E-state index contributed by atoms with van der Waals surface area (Å²) in [5, 5.41) is 28.3. The Labute approximate surface area is 290 Å². The predicted molar refractivity (Wildman–Crippen MR) is 195 cm³/mol. The molecule has 3 aromatic carbocycles. The van der Waals surface area contributed by atoms with Gasteiger partial charge in [0.2, 0.25) is 0 Å². The summed E-state index contributed by atoms with van der Waals surface area (Å²) in [4.78, 5) is 24.6. The zero-order chi connectivity index (χ0) is 35.4. The number of anilines is 1. The molecule has 0 unspecified atom stereocenters. The van der Waals surface area contributed by atoms with E-state index in [0.717, 1.165) is 24.2 Å². The first kappa shape index (κ1) is 38.5. The number of nitrogens with zero attached hydrogens (tertiary/aromatic N) is 6. The summed E-state index contributed by atoms with van der Waals surface area (Å²) in [6, 6.07) is 17.2. The van der Waals surface area contributed by atoms with E-state index in [-0.39, 0.29) is 18.3 Å². The molecule has 0 bridgehead atoms. The van der Waals surface area contributed by atoms with Gasteiger partial charge in [-0.25, -0.2) is 4.79 Å². The van der Waals surface area contributed by atoms with Crippen LogP contribution in [0.25, 0.3) is 0 Å². The number of nitro groups is 1. The van der Waals surface area contributed by atoms with Crippen molar-refractivity contribution in [2.24, 2.45) is 20.5 Å². The Hall–Kier alpha value is -4.93. The molecule has 0 fully saturated rings. The third-order valence-corrected chi connectivity index (χ3v) is 8.04. The number of aryl methyl sites for hydroxylation is 1. The van der Waals surface area contributed by atoms with E-state index in [1.165, 1.54) is 82.1 Å². The molecule has 0 saturated carbocycles. The van der Waals surface area contributed by atoms with Gasteiger partial charge < -0.3 is 14.4 Å². The Morgan fingerprint density at radius 3 is 1.90 bits per heavy atom. The Kier molecular flexibility index (Phi) is 16.6. The maximum Gasteiger partial charge on any atom is 0.333 e. The number of azo groups is 2. The molecule has 0 spiro atoms. The van der Waals surface area contributed by atoms with Crippen molar-refractivity contribution in [1.29, 1.82) is 0 Å². The fourth-order valence-corrected chi connectivity index (χ4v) is 5.14. The van der Waals surface area contributed by atoms with Crippen LogP contribution >= 0.6 is 0 Å². The first-order valence-electron chi connectivity index (χ1n) is 17.2. The van der Waals surface area contributed by atoms with Gasteiger partial charge in [-0.3, -0.25) is 10.1 Å². The molecular weight excluding hydrogens is 620 g/mol. The highest BCUT2D eigenvalue weighted by molar-refractivity contribution is 5.86. The first-order chi connectivity index (χ1) is 23.7. The van der Waals surface area contributed by atoms with Crippen molar-refractivity contribution in [2.45, 2.75) is 85.0 Å². The first-order valence-corrected chi connectivity index (χ1v) is 17.2. The number of esters is 1. The lowest BCUT2D eigenvalue weighted by atomic mass is 10.1. The summed E-state index contributed by atoms with van der Waals surface area (Å²) in [7, 11) is 1.55. The molecule has 0 N–H and O–H groups in total. The number of ether oxygens (including phenoxy) is 2. The number of rotatable bonds is 22. The molecule has 0 saturated heterocycles. The van der Waals surface area contributed by atoms with Gasteiger partial charge >= 0.3 is 5.97 Å². The van der Waals surface area contributed by atoms with Crippen LogP contribution in [0.2, 0.25) is 0 Å². The van der Waals surface area contributed by atoms with Crippen molar-refractivity contribution in [3.63, 3.8) is 0 Å². The second-order valence-corrected chi connectivity index (χ2v) is 12.1. The lowest BCUT2D eigenvalue weighted by Crippen LogP contribution is -2.29. The van der Waals surface area contributed by atoms with Crippen LogP contribution in [0.3, 0.4) is 0 Å². The van der Waals surface area contributed by atoms with Crippen LogP contribution in [0.4, 0.5) is 34.1 Å². The Bertz CT molecular complexity index is 1550. The molecule has 3 rings (SSSR count). The summed E-state index contributed by atoms with van der Waals surface area (Å²) >= 11 is 0. The Morgan fingerprint density at radius 2 is 1.35 bits per heavy atom. The van der Waals surface area contributed by atoms with Gasteiger partial charge in [-0.1, -0.05) is 71.3 Å². The molecule has 11 nitrogen and oxygen atoms in total. The average Bonchev–Trinajstić information content (AvgIpc) is 3.10. The van der Waals surface area contributed by atoms with Crippen LogP contribution in [0, 0.1) is 17.0 Å². The molecule has 11 heteroatoms. The van der Waals surface area contributed by atoms with E-state index < -0.39 is 4.92 Å². The molecule has 3 aromatic rings. The normalized spacial score (nSPS) is 11.3. The molecule has 0 aliphatic heterocycles. The SMILES string of the molecule is C=C(C)C(=O)OCCN(CCCCCCCCCCCC)c1ccc(/N=N/c2cc(C)c(/N=N/c3ccc([N+](=O)[O-])cc3)cc2OC)cc1. The second-order valence-electron chi connectivity index (χ2n) is 12.1. The zero-order valence-corrected chi connectivity index (χ0v) is 29.4. The number of non-ortho nitro benzene ring substituents is 1. The van der Waals surface area contributed by atoms with E-state index in [1.807, 2.05) is 37.3 Å². The minimum atomic E-state index is -0.459. The lowest BCUT2D eigenvalue weighted by molar-refractivity contribution is -0.384. The number of unbranched alkanes of at least 4 members (excludes halogenated alkanes) is 9. The van der Waals surface area contributed by atoms with Crippen molar-refractivity contribution >= 4 is 40.1 Å². The number of hydrogen-bond acceptors (Lipinski definition) is 10. The smallest absolute Gasteiger partial charge is 0.333 e. The second kappa shape index (κ2) is 21.1. The van der Waals surface area contributed by atoms with Crippen LogP contribution in [-0.4, -0.2) is 37.7 Å². The van der Waals surface area contributed by atoms with Gasteiger partial charge in [0.25, 0.3) is 5.69 Å². The highest BCUT2D eigenvalue weighted by atomic mass is 16.6. The van der Waals surface area contributed by atoms with E-state index in [2.05, 4.69) is 38.9 Å². The average molecular weight is 671 g/mol. The van der Waals surface area contributed by atoms with E-state index in [1.54, 1.807) is 20.1 Å². The van der Waals surface area contributed by atoms with Gasteiger partial charge in [0, 0.05) is 36.0 Å². The zero-order valence-electron chi connectivity index (χ0n) is 29.4. The Morgan fingerprint density at radius 1 is 0.796 bits per heavy atom. The third-order valence-electron chi connectivity index (χ3n) is 8.04. The number of hydrogen-bond donors (Lipinski definition) is 0. The predicted octanol–water partition coefficient (Wildman–Crippen LogP) is 11.6. The highest BCUT2D eigenvalue weighted by Crippen LogP contribution is 2.36. The minimum absolute atomic E-state index is 0.00979. The molecule has 0 aliphatic carbocycles. The fraction of sp³-hybridized carbons (Fsp3) is 0.447. The van der Waals surface area contributed by atoms with Crippen molar-refractivity contribution in [2.75, 3.05) is 31.7 Å². The summed E-state index contributed by atoms with van der Waals surface area (Å²) in [6.07, 6.45) is 12.7. The standard InChI is InChI=1S/C38H50N6O5/c1-6-7-8-9-10-11-12-13-14-15-24-43(25-26-49-38(45)29(2)3)33-20-16-31(17-21-33)40-42-36-27-30(4)35(28-37(36)48-5)41-39-32-18-22-34(23-19-32)44(46)47/h16-23,27-28H,2,6-15,24-26H2,1,3-5H3/b41-39+,42-40+. The number of benzene rings is 3. The maximum atomic E-state index is 11.9. The van der Waals surface area contributed by atoms with Gasteiger partial charge in [0.05, 0.1) is 35.6 Å². The molecule has 262 valence electrons.